The molecule has 94 valence electrons. The third-order valence-corrected chi connectivity index (χ3v) is 3.45. The molecule has 0 amide bonds. The number of hydrogen-bond donors (Lipinski definition) is 0. The monoisotopic (exact) mass is 227 g/mol. The van der Waals surface area contributed by atoms with E-state index in [1.165, 1.54) is 52.1 Å². The number of nitrogens with zero attached hydrogens (tertiary/aromatic N) is 1. The smallest absolute Gasteiger partial charge is 0.319 e. The van der Waals surface area contributed by atoms with E-state index in [-0.39, 0.29) is 5.97 Å². The molecule has 0 saturated heterocycles. The molecule has 0 aromatic rings. The predicted octanol–water partition coefficient (Wildman–Crippen LogP) is 2.59. The minimum atomic E-state index is -0.0941. The van der Waals surface area contributed by atoms with Crippen molar-refractivity contribution < 1.29 is 9.53 Å². The normalized spacial score (nSPS) is 16.9. The lowest BCUT2D eigenvalue weighted by atomic mass is 10.1. The van der Waals surface area contributed by atoms with E-state index in [2.05, 4.69) is 11.8 Å². The zero-order valence-corrected chi connectivity index (χ0v) is 10.7. The van der Waals surface area contributed by atoms with Crippen molar-refractivity contribution in [3.05, 3.63) is 0 Å². The highest BCUT2D eigenvalue weighted by Crippen LogP contribution is 2.23. The van der Waals surface area contributed by atoms with Crippen molar-refractivity contribution >= 4 is 5.97 Å². The Hall–Kier alpha value is -0.570. The third-order valence-electron chi connectivity index (χ3n) is 3.45. The van der Waals surface area contributed by atoms with Crippen LogP contribution in [0.25, 0.3) is 0 Å². The molecule has 0 aliphatic heterocycles. The summed E-state index contributed by atoms with van der Waals surface area (Å²) < 4.78 is 4.77. The largest absolute Gasteiger partial charge is 0.468 e. The van der Waals surface area contributed by atoms with E-state index in [1.54, 1.807) is 0 Å². The van der Waals surface area contributed by atoms with Crippen LogP contribution in [0.2, 0.25) is 0 Å². The average molecular weight is 227 g/mol. The van der Waals surface area contributed by atoms with E-state index in [0.29, 0.717) is 12.6 Å². The second-order valence-corrected chi connectivity index (χ2v) is 4.69. The minimum absolute atomic E-state index is 0.0941. The molecule has 1 saturated carbocycles. The number of unbranched alkanes of at least 4 members (excludes halogenated alkanes) is 2. The second-order valence-electron chi connectivity index (χ2n) is 4.69. The topological polar surface area (TPSA) is 29.5 Å². The lowest BCUT2D eigenvalue weighted by molar-refractivity contribution is -0.142. The number of carbonyl (C=O) groups is 1. The fraction of sp³-hybridized carbons (Fsp3) is 0.923. The zero-order chi connectivity index (χ0) is 11.8. The van der Waals surface area contributed by atoms with E-state index in [4.69, 9.17) is 4.74 Å². The van der Waals surface area contributed by atoms with E-state index < -0.39 is 0 Å². The summed E-state index contributed by atoms with van der Waals surface area (Å²) in [4.78, 5) is 13.7. The molecule has 0 radical (unpaired) electrons. The van der Waals surface area contributed by atoms with Gasteiger partial charge in [-0.3, -0.25) is 9.69 Å². The minimum Gasteiger partial charge on any atom is -0.468 e. The molecule has 0 heterocycles. The average Bonchev–Trinajstić information content (AvgIpc) is 2.81. The van der Waals surface area contributed by atoms with Gasteiger partial charge in [-0.15, -0.1) is 0 Å². The molecule has 1 fully saturated rings. The quantitative estimate of drug-likeness (QED) is 0.494. The zero-order valence-electron chi connectivity index (χ0n) is 10.7. The van der Waals surface area contributed by atoms with Gasteiger partial charge in [0.1, 0.15) is 0 Å². The van der Waals surface area contributed by atoms with Crippen LogP contribution in [0.4, 0.5) is 0 Å². The fourth-order valence-corrected chi connectivity index (χ4v) is 2.46. The maximum Gasteiger partial charge on any atom is 0.319 e. The molecular formula is C13H25NO2. The molecule has 0 spiro atoms. The van der Waals surface area contributed by atoms with Gasteiger partial charge in [-0.1, -0.05) is 32.6 Å². The van der Waals surface area contributed by atoms with Crippen LogP contribution < -0.4 is 0 Å². The van der Waals surface area contributed by atoms with E-state index in [1.807, 2.05) is 0 Å². The Balaban J connectivity index is 2.36. The Labute approximate surface area is 99.1 Å². The van der Waals surface area contributed by atoms with Gasteiger partial charge in [0.2, 0.25) is 0 Å². The fourth-order valence-electron chi connectivity index (χ4n) is 2.46. The van der Waals surface area contributed by atoms with Crippen molar-refractivity contribution in [3.8, 4) is 0 Å². The summed E-state index contributed by atoms with van der Waals surface area (Å²) >= 11 is 0. The van der Waals surface area contributed by atoms with Crippen molar-refractivity contribution in [2.24, 2.45) is 0 Å². The van der Waals surface area contributed by atoms with Crippen molar-refractivity contribution in [2.45, 2.75) is 57.9 Å². The standard InChI is InChI=1S/C13H25NO2/c1-3-4-7-10-14(11-13(15)16-2)12-8-5-6-9-12/h12H,3-11H2,1-2H3. The molecule has 0 aromatic carbocycles. The lowest BCUT2D eigenvalue weighted by Gasteiger charge is -2.27. The third kappa shape index (κ3) is 4.52. The molecular weight excluding hydrogens is 202 g/mol. The number of hydrogen-bond acceptors (Lipinski definition) is 3. The van der Waals surface area contributed by atoms with Gasteiger partial charge in [0.05, 0.1) is 13.7 Å². The molecule has 0 bridgehead atoms. The van der Waals surface area contributed by atoms with Crippen LogP contribution in [0.15, 0.2) is 0 Å². The van der Waals surface area contributed by atoms with Crippen LogP contribution in [-0.2, 0) is 9.53 Å². The molecule has 3 nitrogen and oxygen atoms in total. The van der Waals surface area contributed by atoms with Crippen molar-refractivity contribution in [3.63, 3.8) is 0 Å². The number of rotatable bonds is 7. The molecule has 1 aliphatic carbocycles. The first-order valence-electron chi connectivity index (χ1n) is 6.58. The molecule has 0 aromatic heterocycles. The highest BCUT2D eigenvalue weighted by atomic mass is 16.5. The first kappa shape index (κ1) is 13.5. The van der Waals surface area contributed by atoms with Gasteiger partial charge in [-0.2, -0.15) is 0 Å². The first-order valence-corrected chi connectivity index (χ1v) is 6.58. The molecule has 3 heteroatoms. The Kier molecular flexibility index (Phi) is 6.46. The summed E-state index contributed by atoms with van der Waals surface area (Å²) in [6, 6.07) is 0.621. The van der Waals surface area contributed by atoms with Crippen molar-refractivity contribution in [1.29, 1.82) is 0 Å². The molecule has 0 atom stereocenters. The van der Waals surface area contributed by atoms with E-state index in [9.17, 15) is 4.79 Å². The number of ether oxygens (including phenoxy) is 1. The highest BCUT2D eigenvalue weighted by molar-refractivity contribution is 5.71. The Bertz CT molecular complexity index is 200. The summed E-state index contributed by atoms with van der Waals surface area (Å²) in [5.74, 6) is -0.0941. The van der Waals surface area contributed by atoms with Crippen LogP contribution in [0.5, 0.6) is 0 Å². The van der Waals surface area contributed by atoms with Crippen LogP contribution in [0, 0.1) is 0 Å². The predicted molar refractivity (Wildman–Crippen MR) is 65.4 cm³/mol. The van der Waals surface area contributed by atoms with Crippen molar-refractivity contribution in [2.75, 3.05) is 20.2 Å². The molecule has 0 N–H and O–H groups in total. The molecule has 0 unspecified atom stereocenters. The second kappa shape index (κ2) is 7.66. The molecule has 1 rings (SSSR count). The van der Waals surface area contributed by atoms with Gasteiger partial charge in [0.15, 0.2) is 0 Å². The van der Waals surface area contributed by atoms with Gasteiger partial charge < -0.3 is 4.74 Å². The number of carbonyl (C=O) groups excluding carboxylic acids is 1. The van der Waals surface area contributed by atoms with Crippen LogP contribution in [-0.4, -0.2) is 37.1 Å². The van der Waals surface area contributed by atoms with Crippen LogP contribution in [0.3, 0.4) is 0 Å². The van der Waals surface area contributed by atoms with Gasteiger partial charge in [0.25, 0.3) is 0 Å². The Morgan fingerprint density at radius 2 is 2.00 bits per heavy atom. The number of methoxy groups -OCH3 is 1. The van der Waals surface area contributed by atoms with Gasteiger partial charge in [-0.25, -0.2) is 0 Å². The van der Waals surface area contributed by atoms with Gasteiger partial charge >= 0.3 is 5.97 Å². The number of esters is 1. The summed E-state index contributed by atoms with van der Waals surface area (Å²) in [7, 11) is 1.47. The van der Waals surface area contributed by atoms with E-state index in [0.717, 1.165) is 6.54 Å². The van der Waals surface area contributed by atoms with Crippen LogP contribution in [0.1, 0.15) is 51.9 Å². The summed E-state index contributed by atoms with van der Waals surface area (Å²) in [6.07, 6.45) is 8.82. The summed E-state index contributed by atoms with van der Waals surface area (Å²) in [5.41, 5.74) is 0. The van der Waals surface area contributed by atoms with Crippen LogP contribution >= 0.6 is 0 Å². The maximum atomic E-state index is 11.3. The molecule has 1 aliphatic rings. The maximum absolute atomic E-state index is 11.3. The molecule has 16 heavy (non-hydrogen) atoms. The Morgan fingerprint density at radius 1 is 1.31 bits per heavy atom. The lowest BCUT2D eigenvalue weighted by Crippen LogP contribution is -2.38. The van der Waals surface area contributed by atoms with Gasteiger partial charge in [-0.05, 0) is 25.8 Å². The van der Waals surface area contributed by atoms with Crippen molar-refractivity contribution in [1.82, 2.24) is 4.90 Å². The van der Waals surface area contributed by atoms with E-state index >= 15 is 0 Å². The van der Waals surface area contributed by atoms with Gasteiger partial charge in [0, 0.05) is 6.04 Å². The Morgan fingerprint density at radius 3 is 2.56 bits per heavy atom. The highest BCUT2D eigenvalue weighted by Gasteiger charge is 2.23. The summed E-state index contributed by atoms with van der Waals surface area (Å²) in [5, 5.41) is 0. The first-order chi connectivity index (χ1) is 7.77. The SMILES string of the molecule is CCCCCN(CC(=O)OC)C1CCCC1. The summed E-state index contributed by atoms with van der Waals surface area (Å²) in [6.45, 7) is 3.73.